The summed E-state index contributed by atoms with van der Waals surface area (Å²) in [5.74, 6) is 0.864. The second kappa shape index (κ2) is 3.41. The summed E-state index contributed by atoms with van der Waals surface area (Å²) >= 11 is 0. The minimum absolute atomic E-state index is 0.191. The van der Waals surface area contributed by atoms with E-state index in [1.54, 1.807) is 42.4 Å². The molecule has 4 nitrogen and oxygen atoms in total. The fraction of sp³-hybridized carbons (Fsp3) is 0.100. The molecule has 0 aliphatic carbocycles. The van der Waals surface area contributed by atoms with Crippen molar-refractivity contribution in [1.29, 1.82) is 0 Å². The normalized spacial score (nSPS) is 10.1. The Kier molecular flexibility index (Phi) is 2.10. The van der Waals surface area contributed by atoms with E-state index in [0.717, 1.165) is 5.69 Å². The third kappa shape index (κ3) is 1.42. The van der Waals surface area contributed by atoms with Crippen molar-refractivity contribution >= 4 is 0 Å². The summed E-state index contributed by atoms with van der Waals surface area (Å²) in [5, 5.41) is 13.4. The highest BCUT2D eigenvalue weighted by molar-refractivity contribution is 5.50. The van der Waals surface area contributed by atoms with E-state index in [4.69, 9.17) is 4.74 Å². The lowest BCUT2D eigenvalue weighted by Gasteiger charge is -2.08. The van der Waals surface area contributed by atoms with E-state index in [1.165, 1.54) is 0 Å². The summed E-state index contributed by atoms with van der Waals surface area (Å²) in [6.45, 7) is 0. The summed E-state index contributed by atoms with van der Waals surface area (Å²) in [7, 11) is 1.58. The maximum atomic E-state index is 9.34. The van der Waals surface area contributed by atoms with Gasteiger partial charge in [0.1, 0.15) is 17.2 Å². The van der Waals surface area contributed by atoms with Gasteiger partial charge in [0.05, 0.1) is 7.11 Å². The van der Waals surface area contributed by atoms with Crippen LogP contribution in [0.15, 0.2) is 36.7 Å². The lowest BCUT2D eigenvalue weighted by atomic mass is 10.3. The molecular weight excluding hydrogens is 180 g/mol. The first kappa shape index (κ1) is 8.62. The Morgan fingerprint density at radius 2 is 2.29 bits per heavy atom. The van der Waals surface area contributed by atoms with Gasteiger partial charge in [0.15, 0.2) is 0 Å². The molecule has 14 heavy (non-hydrogen) atoms. The Balaban J connectivity index is 2.55. The zero-order valence-corrected chi connectivity index (χ0v) is 7.71. The Bertz CT molecular complexity index is 424. The topological polar surface area (TPSA) is 47.3 Å². The van der Waals surface area contributed by atoms with Crippen molar-refractivity contribution in [3.63, 3.8) is 0 Å². The molecule has 0 radical (unpaired) electrons. The summed E-state index contributed by atoms with van der Waals surface area (Å²) in [5.41, 5.74) is 0.720. The van der Waals surface area contributed by atoms with Gasteiger partial charge in [0.25, 0.3) is 0 Å². The molecule has 2 rings (SSSR count). The highest BCUT2D eigenvalue weighted by Gasteiger charge is 2.05. The number of aromatic hydroxyl groups is 1. The van der Waals surface area contributed by atoms with Crippen LogP contribution in [0, 0.1) is 0 Å². The van der Waals surface area contributed by atoms with E-state index in [1.807, 2.05) is 6.07 Å². The molecule has 0 saturated carbocycles. The minimum atomic E-state index is 0.191. The van der Waals surface area contributed by atoms with E-state index >= 15 is 0 Å². The van der Waals surface area contributed by atoms with Crippen LogP contribution in [0.3, 0.4) is 0 Å². The van der Waals surface area contributed by atoms with Crippen LogP contribution in [0.25, 0.3) is 5.69 Å². The zero-order valence-electron chi connectivity index (χ0n) is 7.71. The van der Waals surface area contributed by atoms with Crippen LogP contribution in [-0.4, -0.2) is 22.0 Å². The van der Waals surface area contributed by atoms with Crippen molar-refractivity contribution in [2.24, 2.45) is 0 Å². The van der Waals surface area contributed by atoms with E-state index < -0.39 is 0 Å². The summed E-state index contributed by atoms with van der Waals surface area (Å²) in [6, 6.07) is 6.69. The van der Waals surface area contributed by atoms with Crippen molar-refractivity contribution in [2.45, 2.75) is 0 Å². The lowest BCUT2D eigenvalue weighted by Crippen LogP contribution is -1.97. The van der Waals surface area contributed by atoms with Gasteiger partial charge < -0.3 is 9.84 Å². The van der Waals surface area contributed by atoms with E-state index in [2.05, 4.69) is 5.10 Å². The van der Waals surface area contributed by atoms with Gasteiger partial charge in [-0.2, -0.15) is 5.10 Å². The van der Waals surface area contributed by atoms with E-state index in [9.17, 15) is 5.11 Å². The number of phenolic OH excluding ortho intramolecular Hbond substituents is 1. The fourth-order valence-corrected chi connectivity index (χ4v) is 1.27. The molecule has 0 unspecified atom stereocenters. The second-order valence-corrected chi connectivity index (χ2v) is 2.81. The predicted octanol–water partition coefficient (Wildman–Crippen LogP) is 1.59. The van der Waals surface area contributed by atoms with Gasteiger partial charge in [-0.1, -0.05) is 0 Å². The Morgan fingerprint density at radius 1 is 1.43 bits per heavy atom. The quantitative estimate of drug-likeness (QED) is 0.782. The third-order valence-corrected chi connectivity index (χ3v) is 1.91. The molecule has 0 bridgehead atoms. The molecule has 1 aromatic heterocycles. The molecular formula is C10H10N2O2. The number of methoxy groups -OCH3 is 1. The molecule has 0 aliphatic heterocycles. The maximum Gasteiger partial charge on any atom is 0.144 e. The van der Waals surface area contributed by atoms with Crippen molar-refractivity contribution in [3.05, 3.63) is 36.7 Å². The average Bonchev–Trinajstić information content (AvgIpc) is 2.70. The van der Waals surface area contributed by atoms with Crippen LogP contribution in [0.2, 0.25) is 0 Å². The number of hydrogen-bond acceptors (Lipinski definition) is 3. The molecule has 0 saturated heterocycles. The number of aromatic nitrogens is 2. The SMILES string of the molecule is COc1ccc(O)cc1-n1cccn1. The van der Waals surface area contributed by atoms with Crippen molar-refractivity contribution < 1.29 is 9.84 Å². The third-order valence-electron chi connectivity index (χ3n) is 1.91. The van der Waals surface area contributed by atoms with Crippen LogP contribution >= 0.6 is 0 Å². The van der Waals surface area contributed by atoms with Crippen LogP contribution < -0.4 is 4.74 Å². The van der Waals surface area contributed by atoms with Gasteiger partial charge >= 0.3 is 0 Å². The Labute approximate surface area is 81.4 Å². The van der Waals surface area contributed by atoms with Crippen molar-refractivity contribution in [2.75, 3.05) is 7.11 Å². The molecule has 0 atom stereocenters. The van der Waals surface area contributed by atoms with E-state index in [0.29, 0.717) is 5.75 Å². The molecule has 1 aromatic carbocycles. The first-order valence-electron chi connectivity index (χ1n) is 4.18. The first-order chi connectivity index (χ1) is 6.81. The molecule has 0 fully saturated rings. The van der Waals surface area contributed by atoms with Crippen LogP contribution in [0.4, 0.5) is 0 Å². The number of rotatable bonds is 2. The number of benzene rings is 1. The predicted molar refractivity (Wildman–Crippen MR) is 51.8 cm³/mol. The first-order valence-corrected chi connectivity index (χ1v) is 4.18. The van der Waals surface area contributed by atoms with Gasteiger partial charge in [-0.15, -0.1) is 0 Å². The number of nitrogens with zero attached hydrogens (tertiary/aromatic N) is 2. The molecule has 1 heterocycles. The largest absolute Gasteiger partial charge is 0.508 e. The smallest absolute Gasteiger partial charge is 0.144 e. The minimum Gasteiger partial charge on any atom is -0.508 e. The molecule has 1 N–H and O–H groups in total. The van der Waals surface area contributed by atoms with E-state index in [-0.39, 0.29) is 5.75 Å². The summed E-state index contributed by atoms with van der Waals surface area (Å²) < 4.78 is 6.79. The number of hydrogen-bond donors (Lipinski definition) is 1. The fourth-order valence-electron chi connectivity index (χ4n) is 1.27. The number of ether oxygens (including phenoxy) is 1. The van der Waals surface area contributed by atoms with Gasteiger partial charge in [-0.25, -0.2) is 4.68 Å². The summed E-state index contributed by atoms with van der Waals surface area (Å²) in [6.07, 6.45) is 3.46. The van der Waals surface area contributed by atoms with Crippen molar-refractivity contribution in [1.82, 2.24) is 9.78 Å². The molecule has 4 heteroatoms. The van der Waals surface area contributed by atoms with Crippen LogP contribution in [-0.2, 0) is 0 Å². The lowest BCUT2D eigenvalue weighted by molar-refractivity contribution is 0.409. The standard InChI is InChI=1S/C10H10N2O2/c1-14-10-4-3-8(13)7-9(10)12-6-2-5-11-12/h2-7,13H,1H3. The molecule has 0 aliphatic rings. The van der Waals surface area contributed by atoms with Gasteiger partial charge in [0.2, 0.25) is 0 Å². The van der Waals surface area contributed by atoms with Gasteiger partial charge in [-0.3, -0.25) is 0 Å². The van der Waals surface area contributed by atoms with Gasteiger partial charge in [-0.05, 0) is 18.2 Å². The highest BCUT2D eigenvalue weighted by Crippen LogP contribution is 2.25. The van der Waals surface area contributed by atoms with Gasteiger partial charge in [0, 0.05) is 18.5 Å². The Hall–Kier alpha value is -1.97. The highest BCUT2D eigenvalue weighted by atomic mass is 16.5. The van der Waals surface area contributed by atoms with Crippen LogP contribution in [0.1, 0.15) is 0 Å². The molecule has 0 spiro atoms. The monoisotopic (exact) mass is 190 g/mol. The van der Waals surface area contributed by atoms with Crippen LogP contribution in [0.5, 0.6) is 11.5 Å². The van der Waals surface area contributed by atoms with Crippen molar-refractivity contribution in [3.8, 4) is 17.2 Å². The maximum absolute atomic E-state index is 9.34. The summed E-state index contributed by atoms with van der Waals surface area (Å²) in [4.78, 5) is 0. The molecule has 0 amide bonds. The zero-order chi connectivity index (χ0) is 9.97. The second-order valence-electron chi connectivity index (χ2n) is 2.81. The Morgan fingerprint density at radius 3 is 2.93 bits per heavy atom. The number of phenols is 1. The molecule has 2 aromatic rings. The average molecular weight is 190 g/mol. The molecule has 72 valence electrons.